The van der Waals surface area contributed by atoms with E-state index in [4.69, 9.17) is 0 Å². The second-order valence-corrected chi connectivity index (χ2v) is 8.01. The molecule has 3 heterocycles. The van der Waals surface area contributed by atoms with Gasteiger partial charge in [0.15, 0.2) is 0 Å². The first-order valence-corrected chi connectivity index (χ1v) is 10.6. The van der Waals surface area contributed by atoms with E-state index in [-0.39, 0.29) is 5.91 Å². The highest BCUT2D eigenvalue weighted by Crippen LogP contribution is 2.26. The predicted molar refractivity (Wildman–Crippen MR) is 116 cm³/mol. The SMILES string of the molecule is N#Cc1cccnc1N1CCCN(C(=O)c2ccc(Sc3ccccn3)cc2)CC1. The average molecular weight is 416 g/mol. The van der Waals surface area contributed by atoms with Crippen LogP contribution in [-0.4, -0.2) is 47.0 Å². The smallest absolute Gasteiger partial charge is 0.253 e. The summed E-state index contributed by atoms with van der Waals surface area (Å²) >= 11 is 1.57. The van der Waals surface area contributed by atoms with E-state index in [1.54, 1.807) is 36.3 Å². The zero-order valence-electron chi connectivity index (χ0n) is 16.4. The second-order valence-electron chi connectivity index (χ2n) is 6.91. The molecule has 1 saturated heterocycles. The number of rotatable bonds is 4. The molecule has 0 aliphatic carbocycles. The monoisotopic (exact) mass is 415 g/mol. The molecule has 0 unspecified atom stereocenters. The highest BCUT2D eigenvalue weighted by Gasteiger charge is 2.22. The van der Waals surface area contributed by atoms with Crippen LogP contribution in [0.15, 0.2) is 76.9 Å². The fraction of sp³-hybridized carbons (Fsp3) is 0.217. The van der Waals surface area contributed by atoms with Gasteiger partial charge >= 0.3 is 0 Å². The zero-order valence-corrected chi connectivity index (χ0v) is 17.3. The minimum absolute atomic E-state index is 0.0350. The van der Waals surface area contributed by atoms with Crippen molar-refractivity contribution in [3.05, 3.63) is 78.1 Å². The van der Waals surface area contributed by atoms with E-state index < -0.39 is 0 Å². The number of nitriles is 1. The lowest BCUT2D eigenvalue weighted by Crippen LogP contribution is -2.35. The van der Waals surface area contributed by atoms with Gasteiger partial charge in [-0.15, -0.1) is 0 Å². The summed E-state index contributed by atoms with van der Waals surface area (Å²) in [4.78, 5) is 26.7. The van der Waals surface area contributed by atoms with Crippen LogP contribution in [0.1, 0.15) is 22.3 Å². The molecule has 0 spiro atoms. The number of aromatic nitrogens is 2. The van der Waals surface area contributed by atoms with Crippen LogP contribution < -0.4 is 4.90 Å². The van der Waals surface area contributed by atoms with Gasteiger partial charge in [0.05, 0.1) is 5.56 Å². The van der Waals surface area contributed by atoms with Gasteiger partial charge in [-0.25, -0.2) is 9.97 Å². The van der Waals surface area contributed by atoms with E-state index in [1.807, 2.05) is 47.4 Å². The fourth-order valence-electron chi connectivity index (χ4n) is 3.44. The number of nitrogens with zero attached hydrogens (tertiary/aromatic N) is 5. The first-order chi connectivity index (χ1) is 14.7. The molecule has 0 atom stereocenters. The third-order valence-corrected chi connectivity index (χ3v) is 5.91. The van der Waals surface area contributed by atoms with Crippen LogP contribution in [0.5, 0.6) is 0 Å². The lowest BCUT2D eigenvalue weighted by molar-refractivity contribution is 0.0767. The molecular weight excluding hydrogens is 394 g/mol. The van der Waals surface area contributed by atoms with Crippen LogP contribution in [0, 0.1) is 11.3 Å². The number of pyridine rings is 2. The van der Waals surface area contributed by atoms with Gasteiger partial charge in [0, 0.05) is 49.0 Å². The molecule has 3 aromatic rings. The minimum atomic E-state index is 0.0350. The maximum Gasteiger partial charge on any atom is 0.253 e. The number of carbonyl (C=O) groups is 1. The number of benzene rings is 1. The minimum Gasteiger partial charge on any atom is -0.354 e. The van der Waals surface area contributed by atoms with E-state index in [0.29, 0.717) is 36.6 Å². The highest BCUT2D eigenvalue weighted by atomic mass is 32.2. The van der Waals surface area contributed by atoms with Gasteiger partial charge in [-0.1, -0.05) is 17.8 Å². The Morgan fingerprint density at radius 3 is 2.53 bits per heavy atom. The van der Waals surface area contributed by atoms with Crippen LogP contribution in [0.25, 0.3) is 0 Å². The topological polar surface area (TPSA) is 73.1 Å². The molecule has 0 N–H and O–H groups in total. The summed E-state index contributed by atoms with van der Waals surface area (Å²) in [6, 6.07) is 19.2. The van der Waals surface area contributed by atoms with Gasteiger partial charge in [-0.2, -0.15) is 5.26 Å². The molecule has 1 aliphatic rings. The molecule has 150 valence electrons. The first kappa shape index (κ1) is 19.9. The highest BCUT2D eigenvalue weighted by molar-refractivity contribution is 7.99. The van der Waals surface area contributed by atoms with Crippen LogP contribution in [0.2, 0.25) is 0 Å². The first-order valence-electron chi connectivity index (χ1n) is 9.83. The Morgan fingerprint density at radius 2 is 1.77 bits per heavy atom. The normalized spacial score (nSPS) is 14.1. The Bertz CT molecular complexity index is 1050. The van der Waals surface area contributed by atoms with E-state index >= 15 is 0 Å². The molecule has 1 fully saturated rings. The maximum atomic E-state index is 13.0. The summed E-state index contributed by atoms with van der Waals surface area (Å²) < 4.78 is 0. The molecule has 0 radical (unpaired) electrons. The van der Waals surface area contributed by atoms with Crippen molar-refractivity contribution in [2.45, 2.75) is 16.3 Å². The average Bonchev–Trinajstić information content (AvgIpc) is 3.06. The maximum absolute atomic E-state index is 13.0. The molecule has 1 aromatic carbocycles. The third kappa shape index (κ3) is 4.61. The molecule has 6 nitrogen and oxygen atoms in total. The van der Waals surface area contributed by atoms with E-state index in [1.165, 1.54) is 0 Å². The van der Waals surface area contributed by atoms with Gasteiger partial charge in [0.1, 0.15) is 16.9 Å². The largest absolute Gasteiger partial charge is 0.354 e. The van der Waals surface area contributed by atoms with Crippen molar-refractivity contribution < 1.29 is 4.79 Å². The number of hydrogen-bond donors (Lipinski definition) is 0. The van der Waals surface area contributed by atoms with Gasteiger partial charge in [-0.05, 0) is 55.0 Å². The number of amides is 1. The van der Waals surface area contributed by atoms with Gasteiger partial charge in [-0.3, -0.25) is 4.79 Å². The Hall–Kier alpha value is -3.37. The number of carbonyl (C=O) groups excluding carboxylic acids is 1. The van der Waals surface area contributed by atoms with Crippen molar-refractivity contribution in [1.82, 2.24) is 14.9 Å². The standard InChI is InChI=1S/C23H21N5OS/c24-17-19-5-3-12-26-22(19)27-13-4-14-28(16-15-27)23(29)18-7-9-20(10-8-18)30-21-6-1-2-11-25-21/h1-3,5-12H,4,13-16H2. The molecule has 4 rings (SSSR count). The molecule has 0 bridgehead atoms. The zero-order chi connectivity index (χ0) is 20.8. The lowest BCUT2D eigenvalue weighted by Gasteiger charge is -2.23. The molecule has 2 aromatic heterocycles. The Balaban J connectivity index is 1.41. The Labute approximate surface area is 180 Å². The van der Waals surface area contributed by atoms with Crippen molar-refractivity contribution in [2.24, 2.45) is 0 Å². The van der Waals surface area contributed by atoms with E-state index in [9.17, 15) is 10.1 Å². The van der Waals surface area contributed by atoms with Crippen molar-refractivity contribution in [3.8, 4) is 6.07 Å². The summed E-state index contributed by atoms with van der Waals surface area (Å²) in [5, 5.41) is 10.3. The summed E-state index contributed by atoms with van der Waals surface area (Å²) in [5.74, 6) is 0.734. The van der Waals surface area contributed by atoms with Crippen LogP contribution in [0.3, 0.4) is 0 Å². The Morgan fingerprint density at radius 1 is 0.933 bits per heavy atom. The summed E-state index contributed by atoms with van der Waals surface area (Å²) in [6.45, 7) is 2.72. The number of anilines is 1. The van der Waals surface area contributed by atoms with Gasteiger partial charge in [0.25, 0.3) is 5.91 Å². The van der Waals surface area contributed by atoms with Crippen LogP contribution in [-0.2, 0) is 0 Å². The van der Waals surface area contributed by atoms with Crippen molar-refractivity contribution in [3.63, 3.8) is 0 Å². The third-order valence-electron chi connectivity index (χ3n) is 4.95. The van der Waals surface area contributed by atoms with Gasteiger partial charge in [0.2, 0.25) is 0 Å². The molecule has 1 aliphatic heterocycles. The lowest BCUT2D eigenvalue weighted by atomic mass is 10.2. The van der Waals surface area contributed by atoms with Crippen molar-refractivity contribution in [2.75, 3.05) is 31.1 Å². The summed E-state index contributed by atoms with van der Waals surface area (Å²) in [6.07, 6.45) is 4.31. The van der Waals surface area contributed by atoms with Crippen molar-refractivity contribution in [1.29, 1.82) is 5.26 Å². The quantitative estimate of drug-likeness (QED) is 0.644. The predicted octanol–water partition coefficient (Wildman–Crippen LogP) is 3.85. The molecule has 0 saturated carbocycles. The van der Waals surface area contributed by atoms with Crippen LogP contribution in [0.4, 0.5) is 5.82 Å². The summed E-state index contributed by atoms with van der Waals surface area (Å²) in [7, 11) is 0. The summed E-state index contributed by atoms with van der Waals surface area (Å²) in [5.41, 5.74) is 1.25. The molecular formula is C23H21N5OS. The van der Waals surface area contributed by atoms with E-state index in [2.05, 4.69) is 20.9 Å². The molecule has 1 amide bonds. The number of hydrogen-bond acceptors (Lipinski definition) is 6. The Kier molecular flexibility index (Phi) is 6.26. The molecule has 7 heteroatoms. The van der Waals surface area contributed by atoms with Gasteiger partial charge < -0.3 is 9.80 Å². The second kappa shape index (κ2) is 9.42. The van der Waals surface area contributed by atoms with E-state index in [0.717, 1.165) is 22.9 Å². The molecule has 30 heavy (non-hydrogen) atoms. The fourth-order valence-corrected chi connectivity index (χ4v) is 4.22. The van der Waals surface area contributed by atoms with Crippen LogP contribution >= 0.6 is 11.8 Å². The van der Waals surface area contributed by atoms with Crippen molar-refractivity contribution >= 4 is 23.5 Å².